The number of carboxylic acid groups (broad SMARTS) is 1. The maximum atomic E-state index is 14.0. The van der Waals surface area contributed by atoms with Gasteiger partial charge in [0.1, 0.15) is 11.8 Å². The highest BCUT2D eigenvalue weighted by molar-refractivity contribution is 7.87. The van der Waals surface area contributed by atoms with Crippen molar-refractivity contribution in [3.63, 3.8) is 0 Å². The van der Waals surface area contributed by atoms with E-state index in [1.807, 2.05) is 18.2 Å². The summed E-state index contributed by atoms with van der Waals surface area (Å²) in [7, 11) is -6.27. The fourth-order valence-electron chi connectivity index (χ4n) is 5.59. The zero-order chi connectivity index (χ0) is 37.8. The van der Waals surface area contributed by atoms with Gasteiger partial charge in [0.05, 0.1) is 6.04 Å². The number of benzene rings is 3. The number of alkyl halides is 3. The van der Waals surface area contributed by atoms with E-state index in [2.05, 4.69) is 24.0 Å². The molecule has 0 unspecified atom stereocenters. The molecular formula is C33H29F3N6O8S2. The fraction of sp³-hybridized carbons (Fsp3) is 0.212. The van der Waals surface area contributed by atoms with Gasteiger partial charge in [-0.3, -0.25) is 14.5 Å². The van der Waals surface area contributed by atoms with Crippen LogP contribution in [0.4, 0.5) is 18.3 Å². The van der Waals surface area contributed by atoms with Crippen LogP contribution in [0.2, 0.25) is 0 Å². The zero-order valence-electron chi connectivity index (χ0n) is 27.1. The number of rotatable bonds is 13. The summed E-state index contributed by atoms with van der Waals surface area (Å²) in [5.41, 5.74) is -1.33. The molecule has 1 aliphatic heterocycles. The van der Waals surface area contributed by atoms with Crippen LogP contribution in [0.15, 0.2) is 108 Å². The lowest BCUT2D eigenvalue weighted by Gasteiger charge is -2.46. The number of nitrogen functional groups attached to an aromatic ring is 1. The van der Waals surface area contributed by atoms with Gasteiger partial charge in [0.15, 0.2) is 10.8 Å². The maximum absolute atomic E-state index is 14.0. The van der Waals surface area contributed by atoms with Crippen LogP contribution in [-0.2, 0) is 39.1 Å². The summed E-state index contributed by atoms with van der Waals surface area (Å²) >= 11 is 0.744. The molecule has 2 amide bonds. The number of aliphatic carboxylic acids is 1. The first-order valence-electron chi connectivity index (χ1n) is 15.2. The summed E-state index contributed by atoms with van der Waals surface area (Å²) in [5.74, 6) is -5.59. The molecule has 1 aliphatic rings. The molecule has 272 valence electrons. The Bertz CT molecular complexity index is 2030. The van der Waals surface area contributed by atoms with Gasteiger partial charge in [-0.05, 0) is 13.3 Å². The molecule has 14 nitrogen and oxygen atoms in total. The topological polar surface area (TPSA) is 203 Å². The molecule has 0 bridgehead atoms. The van der Waals surface area contributed by atoms with Gasteiger partial charge in [-0.25, -0.2) is 4.79 Å². The summed E-state index contributed by atoms with van der Waals surface area (Å²) in [4.78, 5) is 50.5. The third-order valence-corrected chi connectivity index (χ3v) is 9.48. The number of anilines is 1. The van der Waals surface area contributed by atoms with Crippen molar-refractivity contribution in [2.45, 2.75) is 43.5 Å². The summed E-state index contributed by atoms with van der Waals surface area (Å²) in [6.07, 6.45) is -0.0449. The van der Waals surface area contributed by atoms with Crippen LogP contribution in [0.25, 0.3) is 0 Å². The van der Waals surface area contributed by atoms with Crippen molar-refractivity contribution in [3.8, 4) is 0 Å². The Balaban J connectivity index is 1.54. The predicted molar refractivity (Wildman–Crippen MR) is 180 cm³/mol. The van der Waals surface area contributed by atoms with E-state index >= 15 is 0 Å². The van der Waals surface area contributed by atoms with Crippen molar-refractivity contribution in [2.75, 3.05) is 5.73 Å². The van der Waals surface area contributed by atoms with Gasteiger partial charge in [-0.15, -0.1) is 0 Å². The maximum Gasteiger partial charge on any atom is 0.534 e. The van der Waals surface area contributed by atoms with Crippen LogP contribution >= 0.6 is 11.5 Å². The number of nitrogens with two attached hydrogens (primary N) is 1. The van der Waals surface area contributed by atoms with E-state index in [-0.39, 0.29) is 17.4 Å². The highest BCUT2D eigenvalue weighted by Crippen LogP contribution is 2.41. The van der Waals surface area contributed by atoms with Crippen LogP contribution in [0, 0.1) is 0 Å². The monoisotopic (exact) mass is 758 g/mol. The van der Waals surface area contributed by atoms with Crippen LogP contribution < -0.4 is 11.1 Å². The fourth-order valence-corrected chi connectivity index (χ4v) is 6.52. The Labute approximate surface area is 298 Å². The molecule has 2 atom stereocenters. The molecule has 2 heterocycles. The lowest BCUT2D eigenvalue weighted by atomic mass is 9.80. The number of oxime groups is 1. The minimum absolute atomic E-state index is 0.0335. The molecule has 0 aliphatic carbocycles. The second-order valence-electron chi connectivity index (χ2n) is 11.1. The Morgan fingerprint density at radius 2 is 1.48 bits per heavy atom. The Morgan fingerprint density at radius 3 is 1.88 bits per heavy atom. The first kappa shape index (κ1) is 37.4. The van der Waals surface area contributed by atoms with E-state index in [0.29, 0.717) is 28.5 Å². The number of hydrogen-bond donors (Lipinski definition) is 3. The molecule has 3 aromatic carbocycles. The summed E-state index contributed by atoms with van der Waals surface area (Å²) in [6, 6.07) is 24.4. The molecule has 1 aromatic heterocycles. The van der Waals surface area contributed by atoms with Crippen molar-refractivity contribution >= 4 is 50.3 Å². The molecule has 0 radical (unpaired) electrons. The molecule has 1 fully saturated rings. The minimum atomic E-state index is -6.27. The number of carbonyl (C=O) groups is 3. The van der Waals surface area contributed by atoms with Gasteiger partial charge in [0.25, 0.3) is 11.8 Å². The average Bonchev–Trinajstić information content (AvgIpc) is 3.55. The molecule has 4 N–H and O–H groups in total. The van der Waals surface area contributed by atoms with E-state index < -0.39 is 68.3 Å². The number of aromatic nitrogens is 2. The number of nitrogens with zero attached hydrogens (tertiary/aromatic N) is 4. The molecule has 5 rings (SSSR count). The Morgan fingerprint density at radius 1 is 0.981 bits per heavy atom. The van der Waals surface area contributed by atoms with Gasteiger partial charge in [-0.2, -0.15) is 30.9 Å². The molecule has 1 saturated heterocycles. The third-order valence-electron chi connectivity index (χ3n) is 7.90. The Kier molecular flexibility index (Phi) is 10.7. The smallest absolute Gasteiger partial charge is 0.476 e. The van der Waals surface area contributed by atoms with Crippen molar-refractivity contribution in [2.24, 2.45) is 5.16 Å². The number of allylic oxidation sites excluding steroid dienone is 1. The normalized spacial score (nSPS) is 17.1. The van der Waals surface area contributed by atoms with Gasteiger partial charge in [0, 0.05) is 28.2 Å². The highest BCUT2D eigenvalue weighted by atomic mass is 32.2. The van der Waals surface area contributed by atoms with Crippen molar-refractivity contribution in [1.29, 1.82) is 0 Å². The molecule has 0 spiro atoms. The number of likely N-dealkylation sites (tertiary alicyclic amines) is 1. The number of amides is 2. The first-order chi connectivity index (χ1) is 24.6. The molecular weight excluding hydrogens is 730 g/mol. The van der Waals surface area contributed by atoms with Crippen molar-refractivity contribution in [1.82, 2.24) is 19.6 Å². The third kappa shape index (κ3) is 7.17. The average molecular weight is 759 g/mol. The summed E-state index contributed by atoms with van der Waals surface area (Å²) < 4.78 is 70.2. The van der Waals surface area contributed by atoms with Crippen LogP contribution in [-0.4, -0.2) is 68.9 Å². The minimum Gasteiger partial charge on any atom is -0.476 e. The zero-order valence-corrected chi connectivity index (χ0v) is 28.8. The van der Waals surface area contributed by atoms with E-state index in [4.69, 9.17) is 10.6 Å². The van der Waals surface area contributed by atoms with Gasteiger partial charge < -0.3 is 25.2 Å². The second kappa shape index (κ2) is 14.8. The number of carboxylic acids is 1. The lowest BCUT2D eigenvalue weighted by molar-refractivity contribution is -0.154. The summed E-state index contributed by atoms with van der Waals surface area (Å²) in [5, 5.41) is 16.5. The predicted octanol–water partition coefficient (Wildman–Crippen LogP) is 4.12. The van der Waals surface area contributed by atoms with Crippen LogP contribution in [0.3, 0.4) is 0 Å². The first-order valence-corrected chi connectivity index (χ1v) is 17.4. The van der Waals surface area contributed by atoms with Crippen molar-refractivity contribution < 1.29 is 50.1 Å². The number of β-lactam (4-membered cyclic amide) rings is 1. The lowest BCUT2D eigenvalue weighted by Crippen LogP contribution is -2.71. The SMILES string of the molecule is CC[C@@H]1[C@H](NC(=O)/C(=N\OC(c2ccccc2)(c2ccccc2)c2ccccc2)c2nsc(N)n2)C(=O)N1/C(C(=O)O)=C(\C)OS(=O)(=O)C(F)(F)F. The Hall–Kier alpha value is -5.82. The molecule has 4 aromatic rings. The summed E-state index contributed by atoms with van der Waals surface area (Å²) in [6.45, 7) is 2.15. The van der Waals surface area contributed by atoms with E-state index in [1.165, 1.54) is 6.92 Å². The second-order valence-corrected chi connectivity index (χ2v) is 13.4. The molecule has 52 heavy (non-hydrogen) atoms. The van der Waals surface area contributed by atoms with Crippen LogP contribution in [0.1, 0.15) is 42.8 Å². The standard InChI is InChI=1S/C33H29F3N6O8S2/c1-3-23-24(29(44)42(23)26(30(45)46)19(2)49-52(47,48)33(34,35)36)38-28(43)25(27-39-31(37)51-41-27)40-50-32(20-13-7-4-8-14-20,21-15-9-5-10-16-21)22-17-11-6-12-18-22/h4-18,23-24H,3H2,1-2H3,(H,38,43)(H,45,46)(H2,37,39,41)/b26-19+,40-25-/t23-,24+/m1/s1. The largest absolute Gasteiger partial charge is 0.534 e. The van der Waals surface area contributed by atoms with E-state index in [0.717, 1.165) is 11.5 Å². The number of nitrogens with one attached hydrogen (secondary N) is 1. The van der Waals surface area contributed by atoms with Crippen LogP contribution in [0.5, 0.6) is 0 Å². The molecule has 19 heteroatoms. The number of halogens is 3. The van der Waals surface area contributed by atoms with Gasteiger partial charge >= 0.3 is 21.6 Å². The van der Waals surface area contributed by atoms with E-state index in [9.17, 15) is 41.1 Å². The number of carbonyl (C=O) groups excluding carboxylic acids is 2. The van der Waals surface area contributed by atoms with E-state index in [1.54, 1.807) is 72.8 Å². The van der Waals surface area contributed by atoms with Gasteiger partial charge in [-0.1, -0.05) is 103 Å². The van der Waals surface area contributed by atoms with Gasteiger partial charge in [0.2, 0.25) is 17.1 Å². The quantitative estimate of drug-likeness (QED) is 0.0259. The molecule has 0 saturated carbocycles. The highest BCUT2D eigenvalue weighted by Gasteiger charge is 2.53. The number of hydrogen-bond acceptors (Lipinski definition) is 12. The van der Waals surface area contributed by atoms with Crippen molar-refractivity contribution in [3.05, 3.63) is 125 Å².